The van der Waals surface area contributed by atoms with Crippen molar-refractivity contribution in [2.24, 2.45) is 0 Å². The van der Waals surface area contributed by atoms with Crippen LogP contribution in [0.5, 0.6) is 0 Å². The molecule has 3 heterocycles. The second kappa shape index (κ2) is 10.2. The second-order valence-corrected chi connectivity index (χ2v) is 14.4. The zero-order valence-corrected chi connectivity index (χ0v) is 24.3. The maximum Gasteiger partial charge on any atom is 0.123 e. The third kappa shape index (κ3) is 6.29. The van der Waals surface area contributed by atoms with Gasteiger partial charge in [0.05, 0.1) is 15.7 Å². The van der Waals surface area contributed by atoms with Crippen molar-refractivity contribution in [2.75, 3.05) is 0 Å². The fourth-order valence-electron chi connectivity index (χ4n) is 4.26. The Balaban J connectivity index is 1.68. The summed E-state index contributed by atoms with van der Waals surface area (Å²) in [7, 11) is 0. The van der Waals surface area contributed by atoms with Crippen LogP contribution in [0.1, 0.15) is 136 Å². The highest BCUT2D eigenvalue weighted by molar-refractivity contribution is 7.12. The van der Waals surface area contributed by atoms with E-state index in [1.165, 1.54) is 20.6 Å². The van der Waals surface area contributed by atoms with Gasteiger partial charge in [0.2, 0.25) is 0 Å². The van der Waals surface area contributed by atoms with Crippen molar-refractivity contribution in [3.8, 4) is 0 Å². The molecule has 0 radical (unpaired) electrons. The molecule has 33 heavy (non-hydrogen) atoms. The highest BCUT2D eigenvalue weighted by atomic mass is 32.1. The van der Waals surface area contributed by atoms with E-state index >= 15 is 0 Å². The molecule has 0 aliphatic heterocycles. The molecule has 3 aromatic heterocycles. The molecule has 0 fully saturated rings. The van der Waals surface area contributed by atoms with E-state index in [2.05, 4.69) is 91.0 Å². The summed E-state index contributed by atoms with van der Waals surface area (Å²) in [4.78, 5) is 11.1. The van der Waals surface area contributed by atoms with Gasteiger partial charge in [-0.25, -0.2) is 9.97 Å². The van der Waals surface area contributed by atoms with Gasteiger partial charge >= 0.3 is 0 Å². The van der Waals surface area contributed by atoms with Crippen LogP contribution in [-0.2, 0) is 10.8 Å². The molecule has 2 atom stereocenters. The average molecular weight is 505 g/mol. The summed E-state index contributed by atoms with van der Waals surface area (Å²) in [6.45, 7) is 22.7. The highest BCUT2D eigenvalue weighted by Crippen LogP contribution is 2.42. The minimum absolute atomic E-state index is 0.0148. The predicted molar refractivity (Wildman–Crippen MR) is 144 cm³/mol. The predicted octanol–water partition coefficient (Wildman–Crippen LogP) is 8.64. The molecule has 0 saturated carbocycles. The number of rotatable bonds is 10. The van der Waals surface area contributed by atoms with E-state index < -0.39 is 0 Å². The van der Waals surface area contributed by atoms with Crippen LogP contribution in [0.2, 0.25) is 0 Å². The van der Waals surface area contributed by atoms with E-state index in [-0.39, 0.29) is 10.8 Å². The van der Waals surface area contributed by atoms with E-state index in [1.807, 2.05) is 11.3 Å². The number of thiazole rings is 2. The first kappa shape index (κ1) is 26.4. The van der Waals surface area contributed by atoms with Crippen LogP contribution in [0.3, 0.4) is 0 Å². The van der Waals surface area contributed by atoms with Crippen molar-refractivity contribution in [2.45, 2.75) is 117 Å². The number of aromatic nitrogens is 4. The van der Waals surface area contributed by atoms with E-state index in [0.29, 0.717) is 23.7 Å². The number of nitrogens with zero attached hydrogens (tertiary/aromatic N) is 4. The largest absolute Gasteiger partial charge is 0.249 e. The summed E-state index contributed by atoms with van der Waals surface area (Å²) in [5.74, 6) is 1.73. The number of hydrogen-bond acceptors (Lipinski definition) is 7. The van der Waals surface area contributed by atoms with Gasteiger partial charge in [-0.15, -0.1) is 44.2 Å². The molecular weight excluding hydrogens is 465 g/mol. The Morgan fingerprint density at radius 3 is 1.97 bits per heavy atom. The van der Waals surface area contributed by atoms with E-state index in [4.69, 9.17) is 9.97 Å². The van der Waals surface area contributed by atoms with Crippen LogP contribution in [0.15, 0.2) is 11.6 Å². The Morgan fingerprint density at radius 1 is 0.758 bits per heavy atom. The lowest BCUT2D eigenvalue weighted by Crippen LogP contribution is -2.20. The molecule has 0 aliphatic carbocycles. The average Bonchev–Trinajstić information content (AvgIpc) is 3.47. The van der Waals surface area contributed by atoms with Crippen LogP contribution < -0.4 is 0 Å². The van der Waals surface area contributed by atoms with Gasteiger partial charge in [0.25, 0.3) is 0 Å². The molecule has 2 unspecified atom stereocenters. The van der Waals surface area contributed by atoms with Crippen LogP contribution in [-0.4, -0.2) is 20.2 Å². The molecule has 3 aromatic rings. The molecule has 0 N–H and O–H groups in total. The van der Waals surface area contributed by atoms with Crippen LogP contribution >= 0.6 is 34.0 Å². The second-order valence-electron chi connectivity index (χ2n) is 11.4. The minimum atomic E-state index is -0.0148. The number of hydrogen-bond donors (Lipinski definition) is 0. The lowest BCUT2D eigenvalue weighted by atomic mass is 9.82. The molecule has 7 heteroatoms. The van der Waals surface area contributed by atoms with E-state index in [0.717, 1.165) is 22.9 Å². The van der Waals surface area contributed by atoms with Crippen LogP contribution in [0.25, 0.3) is 0 Å². The van der Waals surface area contributed by atoms with Crippen molar-refractivity contribution in [3.63, 3.8) is 0 Å². The fourth-order valence-corrected chi connectivity index (χ4v) is 7.33. The zero-order chi connectivity index (χ0) is 24.6. The van der Waals surface area contributed by atoms with Crippen molar-refractivity contribution in [3.05, 3.63) is 42.2 Å². The Bertz CT molecular complexity index is 1040. The lowest BCUT2D eigenvalue weighted by molar-refractivity contribution is 0.433. The van der Waals surface area contributed by atoms with Gasteiger partial charge in [-0.2, -0.15) is 0 Å². The monoisotopic (exact) mass is 504 g/mol. The summed E-state index contributed by atoms with van der Waals surface area (Å²) < 4.78 is 0. The molecule has 3 rings (SSSR count). The van der Waals surface area contributed by atoms with Crippen LogP contribution in [0, 0.1) is 0 Å². The van der Waals surface area contributed by atoms with Gasteiger partial charge in [0, 0.05) is 45.0 Å². The van der Waals surface area contributed by atoms with E-state index in [1.54, 1.807) is 22.7 Å². The third-order valence-electron chi connectivity index (χ3n) is 6.31. The fraction of sp³-hybridized carbons (Fsp3) is 0.692. The maximum absolute atomic E-state index is 4.90. The van der Waals surface area contributed by atoms with Crippen LogP contribution in [0.4, 0.5) is 0 Å². The Hall–Kier alpha value is -1.18. The quantitative estimate of drug-likeness (QED) is 0.277. The molecule has 0 aromatic carbocycles. The molecule has 0 amide bonds. The molecule has 0 aliphatic rings. The smallest absolute Gasteiger partial charge is 0.123 e. The maximum atomic E-state index is 4.90. The normalized spacial score (nSPS) is 14.9. The van der Waals surface area contributed by atoms with Crippen molar-refractivity contribution >= 4 is 34.0 Å². The molecule has 182 valence electrons. The standard InChI is InChI=1S/C26H40N4S3/c1-15(2)19-14-31-23(28-19)18(6)11-25(7,8)20-13-27-22(32-20)17(5)12-26(9,10)24-30-29-21(33-24)16(3)4/h13-18H,11-12H2,1-10H3. The lowest BCUT2D eigenvalue weighted by Gasteiger charge is -2.26. The summed E-state index contributed by atoms with van der Waals surface area (Å²) >= 11 is 5.45. The Morgan fingerprint density at radius 2 is 1.39 bits per heavy atom. The molecule has 0 saturated heterocycles. The summed E-state index contributed by atoms with van der Waals surface area (Å²) in [6, 6.07) is 0. The molecule has 0 spiro atoms. The molecule has 4 nitrogen and oxygen atoms in total. The summed E-state index contributed by atoms with van der Waals surface area (Å²) in [6.07, 6.45) is 4.20. The Labute approximate surface area is 212 Å². The Kier molecular flexibility index (Phi) is 8.17. The SMILES string of the molecule is CC(C)c1csc(C(C)CC(C)(C)c2cnc(C(C)CC(C)(C)c3nnc(C(C)C)s3)s2)n1. The topological polar surface area (TPSA) is 51.6 Å². The van der Waals surface area contributed by atoms with Crippen molar-refractivity contribution in [1.29, 1.82) is 0 Å². The minimum Gasteiger partial charge on any atom is -0.249 e. The first-order valence-electron chi connectivity index (χ1n) is 12.1. The summed E-state index contributed by atoms with van der Waals surface area (Å²) in [5.41, 5.74) is 1.27. The highest BCUT2D eigenvalue weighted by Gasteiger charge is 2.32. The van der Waals surface area contributed by atoms with Gasteiger partial charge in [0.1, 0.15) is 10.0 Å². The third-order valence-corrected chi connectivity index (χ3v) is 10.6. The van der Waals surface area contributed by atoms with Crippen molar-refractivity contribution in [1.82, 2.24) is 20.2 Å². The van der Waals surface area contributed by atoms with Gasteiger partial charge in [-0.05, 0) is 18.8 Å². The zero-order valence-electron chi connectivity index (χ0n) is 21.9. The van der Waals surface area contributed by atoms with Gasteiger partial charge in [-0.3, -0.25) is 0 Å². The van der Waals surface area contributed by atoms with Crippen molar-refractivity contribution < 1.29 is 0 Å². The van der Waals surface area contributed by atoms with Gasteiger partial charge < -0.3 is 0 Å². The molecule has 0 bridgehead atoms. The van der Waals surface area contributed by atoms with Gasteiger partial charge in [0.15, 0.2) is 0 Å². The van der Waals surface area contributed by atoms with E-state index in [9.17, 15) is 0 Å². The summed E-state index contributed by atoms with van der Waals surface area (Å²) in [5, 5.41) is 15.9. The first-order valence-corrected chi connectivity index (χ1v) is 14.6. The van der Waals surface area contributed by atoms with Gasteiger partial charge in [-0.1, -0.05) is 69.2 Å². The molecular formula is C26H40N4S3. The first-order chi connectivity index (χ1) is 15.3.